The number of fused-ring (bicyclic) bond motifs is 1. The minimum Gasteiger partial charge on any atom is -0.345 e. The number of nitrogens with one attached hydrogen (secondary N) is 2. The summed E-state index contributed by atoms with van der Waals surface area (Å²) in [6, 6.07) is 10.5. The number of halogens is 1. The van der Waals surface area contributed by atoms with E-state index < -0.39 is 11.7 Å². The summed E-state index contributed by atoms with van der Waals surface area (Å²) in [5.41, 5.74) is 1.76. The average Bonchev–Trinajstić information content (AvgIpc) is 2.60. The summed E-state index contributed by atoms with van der Waals surface area (Å²) >= 11 is 0. The molecular formula is C19H18FN3O3. The summed E-state index contributed by atoms with van der Waals surface area (Å²) < 4.78 is 13.4. The first-order valence-electron chi connectivity index (χ1n) is 8.07. The van der Waals surface area contributed by atoms with Gasteiger partial charge in [-0.2, -0.15) is 0 Å². The normalized spacial score (nSPS) is 15.7. The van der Waals surface area contributed by atoms with Gasteiger partial charge in [0, 0.05) is 37.5 Å². The van der Waals surface area contributed by atoms with E-state index in [-0.39, 0.29) is 24.1 Å². The molecule has 2 N–H and O–H groups in total. The van der Waals surface area contributed by atoms with Crippen molar-refractivity contribution in [3.63, 3.8) is 0 Å². The van der Waals surface area contributed by atoms with Crippen molar-refractivity contribution in [2.75, 3.05) is 24.7 Å². The highest BCUT2D eigenvalue weighted by Crippen LogP contribution is 2.33. The number of nitrogens with zero attached hydrogens (tertiary/aromatic N) is 1. The zero-order valence-corrected chi connectivity index (χ0v) is 14.4. The fourth-order valence-corrected chi connectivity index (χ4v) is 2.89. The van der Waals surface area contributed by atoms with E-state index in [2.05, 4.69) is 10.6 Å². The largest absolute Gasteiger partial charge is 0.345 e. The third-order valence-corrected chi connectivity index (χ3v) is 4.15. The van der Waals surface area contributed by atoms with E-state index in [0.717, 1.165) is 0 Å². The lowest BCUT2D eigenvalue weighted by atomic mass is 9.89. The summed E-state index contributed by atoms with van der Waals surface area (Å²) in [6.07, 6.45) is -0.0270. The molecule has 0 bridgehead atoms. The molecule has 3 rings (SSSR count). The third-order valence-electron chi connectivity index (χ3n) is 4.15. The van der Waals surface area contributed by atoms with Crippen LogP contribution >= 0.6 is 0 Å². The van der Waals surface area contributed by atoms with Gasteiger partial charge in [-0.3, -0.25) is 14.4 Å². The molecule has 1 aliphatic heterocycles. The maximum atomic E-state index is 13.4. The first-order chi connectivity index (χ1) is 12.3. The van der Waals surface area contributed by atoms with E-state index in [0.29, 0.717) is 22.5 Å². The van der Waals surface area contributed by atoms with Gasteiger partial charge in [-0.1, -0.05) is 12.1 Å². The molecule has 2 aromatic carbocycles. The molecule has 0 fully saturated rings. The van der Waals surface area contributed by atoms with Crippen LogP contribution in [0, 0.1) is 5.82 Å². The van der Waals surface area contributed by atoms with E-state index in [9.17, 15) is 18.8 Å². The molecule has 0 aliphatic carbocycles. The van der Waals surface area contributed by atoms with Crippen LogP contribution in [0.15, 0.2) is 42.5 Å². The van der Waals surface area contributed by atoms with Crippen LogP contribution in [0.2, 0.25) is 0 Å². The van der Waals surface area contributed by atoms with Crippen LogP contribution in [-0.4, -0.2) is 36.7 Å². The van der Waals surface area contributed by atoms with Crippen LogP contribution in [0.25, 0.3) is 0 Å². The standard InChI is InChI=1S/C19H18FN3O3/c1-23(2)19(26)11-4-3-5-13(8-11)21-18(25)15-10-17(24)22-16-9-12(20)6-7-14(15)16/h3-9,15H,10H2,1-2H3,(H,21,25)(H,22,24). The van der Waals surface area contributed by atoms with E-state index in [4.69, 9.17) is 0 Å². The highest BCUT2D eigenvalue weighted by Gasteiger charge is 2.31. The maximum absolute atomic E-state index is 13.4. The molecular weight excluding hydrogens is 337 g/mol. The van der Waals surface area contributed by atoms with Gasteiger partial charge < -0.3 is 15.5 Å². The van der Waals surface area contributed by atoms with E-state index in [1.165, 1.54) is 23.1 Å². The number of carbonyl (C=O) groups is 3. The van der Waals surface area contributed by atoms with Crippen molar-refractivity contribution in [2.24, 2.45) is 0 Å². The Hall–Kier alpha value is -3.22. The molecule has 0 radical (unpaired) electrons. The van der Waals surface area contributed by atoms with Crippen molar-refractivity contribution in [1.29, 1.82) is 0 Å². The highest BCUT2D eigenvalue weighted by molar-refractivity contribution is 6.05. The van der Waals surface area contributed by atoms with Crippen molar-refractivity contribution >= 4 is 29.1 Å². The highest BCUT2D eigenvalue weighted by atomic mass is 19.1. The number of benzene rings is 2. The Morgan fingerprint density at radius 1 is 1.19 bits per heavy atom. The molecule has 1 heterocycles. The fourth-order valence-electron chi connectivity index (χ4n) is 2.89. The van der Waals surface area contributed by atoms with Crippen LogP contribution < -0.4 is 10.6 Å². The molecule has 7 heteroatoms. The summed E-state index contributed by atoms with van der Waals surface area (Å²) in [5.74, 6) is -2.13. The summed E-state index contributed by atoms with van der Waals surface area (Å²) in [7, 11) is 3.29. The number of anilines is 2. The Balaban J connectivity index is 1.84. The first kappa shape index (κ1) is 17.6. The topological polar surface area (TPSA) is 78.5 Å². The molecule has 0 aromatic heterocycles. The molecule has 3 amide bonds. The van der Waals surface area contributed by atoms with E-state index in [1.54, 1.807) is 38.4 Å². The molecule has 134 valence electrons. The second-order valence-electron chi connectivity index (χ2n) is 6.31. The monoisotopic (exact) mass is 355 g/mol. The van der Waals surface area contributed by atoms with Gasteiger partial charge in [-0.15, -0.1) is 0 Å². The number of carbonyl (C=O) groups excluding carboxylic acids is 3. The minimum absolute atomic E-state index is 0.0270. The zero-order chi connectivity index (χ0) is 18.8. The van der Waals surface area contributed by atoms with Crippen molar-refractivity contribution in [3.05, 3.63) is 59.4 Å². The van der Waals surface area contributed by atoms with Gasteiger partial charge in [0.25, 0.3) is 5.91 Å². The molecule has 0 spiro atoms. The third kappa shape index (κ3) is 3.56. The van der Waals surface area contributed by atoms with Crippen molar-refractivity contribution < 1.29 is 18.8 Å². The average molecular weight is 355 g/mol. The number of hydrogen-bond acceptors (Lipinski definition) is 3. The van der Waals surface area contributed by atoms with E-state index in [1.807, 2.05) is 0 Å². The summed E-state index contributed by atoms with van der Waals surface area (Å²) in [6.45, 7) is 0. The van der Waals surface area contributed by atoms with Crippen LogP contribution in [0.4, 0.5) is 15.8 Å². The number of hydrogen-bond donors (Lipinski definition) is 2. The van der Waals surface area contributed by atoms with Crippen molar-refractivity contribution in [2.45, 2.75) is 12.3 Å². The van der Waals surface area contributed by atoms with Gasteiger partial charge in [-0.25, -0.2) is 4.39 Å². The Labute approximate surface area is 150 Å². The van der Waals surface area contributed by atoms with E-state index >= 15 is 0 Å². The lowest BCUT2D eigenvalue weighted by Gasteiger charge is -2.25. The van der Waals surface area contributed by atoms with Crippen molar-refractivity contribution in [1.82, 2.24) is 4.90 Å². The van der Waals surface area contributed by atoms with Crippen LogP contribution in [-0.2, 0) is 9.59 Å². The van der Waals surface area contributed by atoms with Gasteiger partial charge in [-0.05, 0) is 35.9 Å². The summed E-state index contributed by atoms with van der Waals surface area (Å²) in [5, 5.41) is 5.32. The minimum atomic E-state index is -0.729. The molecule has 1 atom stereocenters. The second kappa shape index (κ2) is 6.95. The van der Waals surface area contributed by atoms with Crippen LogP contribution in [0.3, 0.4) is 0 Å². The smallest absolute Gasteiger partial charge is 0.253 e. The molecule has 1 unspecified atom stereocenters. The Morgan fingerprint density at radius 2 is 1.96 bits per heavy atom. The quantitative estimate of drug-likeness (QED) is 0.888. The maximum Gasteiger partial charge on any atom is 0.253 e. The van der Waals surface area contributed by atoms with Crippen LogP contribution in [0.5, 0.6) is 0 Å². The lowest BCUT2D eigenvalue weighted by molar-refractivity contribution is -0.123. The Morgan fingerprint density at radius 3 is 2.69 bits per heavy atom. The molecule has 26 heavy (non-hydrogen) atoms. The lowest BCUT2D eigenvalue weighted by Crippen LogP contribution is -2.31. The molecule has 6 nitrogen and oxygen atoms in total. The van der Waals surface area contributed by atoms with Gasteiger partial charge in [0.2, 0.25) is 11.8 Å². The fraction of sp³-hybridized carbons (Fsp3) is 0.211. The Bertz CT molecular complexity index is 895. The predicted molar refractivity (Wildman–Crippen MR) is 95.5 cm³/mol. The first-order valence-corrected chi connectivity index (χ1v) is 8.07. The Kier molecular flexibility index (Phi) is 4.71. The van der Waals surface area contributed by atoms with Gasteiger partial charge in [0.05, 0.1) is 5.92 Å². The van der Waals surface area contributed by atoms with Gasteiger partial charge in [0.15, 0.2) is 0 Å². The van der Waals surface area contributed by atoms with Gasteiger partial charge in [0.1, 0.15) is 5.82 Å². The molecule has 1 aliphatic rings. The number of amides is 3. The SMILES string of the molecule is CN(C)C(=O)c1cccc(NC(=O)C2CC(=O)Nc3cc(F)ccc32)c1. The molecule has 0 saturated carbocycles. The second-order valence-corrected chi connectivity index (χ2v) is 6.31. The number of rotatable bonds is 3. The molecule has 0 saturated heterocycles. The van der Waals surface area contributed by atoms with Crippen LogP contribution in [0.1, 0.15) is 28.3 Å². The van der Waals surface area contributed by atoms with Gasteiger partial charge >= 0.3 is 0 Å². The molecule has 2 aromatic rings. The predicted octanol–water partition coefficient (Wildman–Crippen LogP) is 2.59. The summed E-state index contributed by atoms with van der Waals surface area (Å²) in [4.78, 5) is 38.0. The van der Waals surface area contributed by atoms with Crippen molar-refractivity contribution in [3.8, 4) is 0 Å². The zero-order valence-electron chi connectivity index (χ0n) is 14.4.